The van der Waals surface area contributed by atoms with Crippen molar-refractivity contribution in [2.75, 3.05) is 10.8 Å². The third-order valence-electron chi connectivity index (χ3n) is 6.23. The maximum Gasteiger partial charge on any atom is 0.269 e. The van der Waals surface area contributed by atoms with E-state index in [2.05, 4.69) is 5.32 Å². The summed E-state index contributed by atoms with van der Waals surface area (Å²) in [5.74, 6) is -1.00. The van der Waals surface area contributed by atoms with Crippen LogP contribution in [0.3, 0.4) is 0 Å². The van der Waals surface area contributed by atoms with E-state index in [0.29, 0.717) is 0 Å². The molecule has 0 saturated heterocycles. The summed E-state index contributed by atoms with van der Waals surface area (Å²) in [6.07, 6.45) is 0. The zero-order chi connectivity index (χ0) is 29.7. The topological polar surface area (TPSA) is 130 Å². The third-order valence-corrected chi connectivity index (χ3v) is 8.01. The first-order chi connectivity index (χ1) is 18.7. The predicted molar refractivity (Wildman–Crippen MR) is 153 cm³/mol. The Hall–Kier alpha value is -4.25. The van der Waals surface area contributed by atoms with Crippen LogP contribution in [0, 0.1) is 17.0 Å². The highest BCUT2D eigenvalue weighted by Gasteiger charge is 2.33. The van der Waals surface area contributed by atoms with Gasteiger partial charge in [0.15, 0.2) is 0 Å². The number of sulfonamides is 1. The molecule has 3 aromatic carbocycles. The zero-order valence-corrected chi connectivity index (χ0v) is 24.0. The average Bonchev–Trinajstić information content (AvgIpc) is 2.90. The quantitative estimate of drug-likeness (QED) is 0.285. The maximum atomic E-state index is 13.9. The van der Waals surface area contributed by atoms with Crippen molar-refractivity contribution in [1.29, 1.82) is 0 Å². The molecular formula is C29H34N4O6S. The zero-order valence-electron chi connectivity index (χ0n) is 23.2. The van der Waals surface area contributed by atoms with Crippen LogP contribution in [-0.2, 0) is 26.2 Å². The van der Waals surface area contributed by atoms with E-state index in [-0.39, 0.29) is 28.7 Å². The summed E-state index contributed by atoms with van der Waals surface area (Å²) in [7, 11) is -4.26. The lowest BCUT2D eigenvalue weighted by atomic mass is 10.1. The molecule has 0 aliphatic carbocycles. The van der Waals surface area contributed by atoms with Gasteiger partial charge in [-0.1, -0.05) is 42.5 Å². The van der Waals surface area contributed by atoms with E-state index < -0.39 is 39.0 Å². The Bertz CT molecular complexity index is 1470. The van der Waals surface area contributed by atoms with Gasteiger partial charge in [0, 0.05) is 24.2 Å². The van der Waals surface area contributed by atoms with E-state index >= 15 is 0 Å². The minimum Gasteiger partial charge on any atom is -0.350 e. The van der Waals surface area contributed by atoms with Crippen LogP contribution in [0.1, 0.15) is 38.8 Å². The van der Waals surface area contributed by atoms with Crippen LogP contribution in [-0.4, -0.2) is 48.2 Å². The minimum absolute atomic E-state index is 0.0508. The summed E-state index contributed by atoms with van der Waals surface area (Å²) in [6.45, 7) is 8.41. The SMILES string of the molecule is Cc1ccccc1CN(C(=O)CN(c1ccc([N+](=O)[O-])cc1)S(=O)(=O)c1ccccc1)[C@@H](C)C(=O)NC(C)(C)C. The number of rotatable bonds is 10. The molecule has 40 heavy (non-hydrogen) atoms. The summed E-state index contributed by atoms with van der Waals surface area (Å²) >= 11 is 0. The number of aryl methyl sites for hydroxylation is 1. The van der Waals surface area contributed by atoms with Crippen molar-refractivity contribution in [1.82, 2.24) is 10.2 Å². The first-order valence-corrected chi connectivity index (χ1v) is 14.1. The highest BCUT2D eigenvalue weighted by Crippen LogP contribution is 2.26. The van der Waals surface area contributed by atoms with Crippen LogP contribution in [0.5, 0.6) is 0 Å². The number of nitrogens with one attached hydrogen (secondary N) is 1. The molecule has 0 saturated carbocycles. The molecule has 0 aliphatic rings. The van der Waals surface area contributed by atoms with Gasteiger partial charge in [-0.15, -0.1) is 0 Å². The van der Waals surface area contributed by atoms with Crippen LogP contribution in [0.15, 0.2) is 83.8 Å². The van der Waals surface area contributed by atoms with Gasteiger partial charge in [0.05, 0.1) is 15.5 Å². The van der Waals surface area contributed by atoms with E-state index in [1.165, 1.54) is 41.3 Å². The number of nitro groups is 1. The Morgan fingerprint density at radius 3 is 2.08 bits per heavy atom. The van der Waals surface area contributed by atoms with E-state index in [9.17, 15) is 28.1 Å². The lowest BCUT2D eigenvalue weighted by molar-refractivity contribution is -0.384. The van der Waals surface area contributed by atoms with Gasteiger partial charge >= 0.3 is 0 Å². The molecule has 0 radical (unpaired) electrons. The van der Waals surface area contributed by atoms with Gasteiger partial charge in [-0.2, -0.15) is 0 Å². The lowest BCUT2D eigenvalue weighted by Crippen LogP contribution is -2.54. The average molecular weight is 567 g/mol. The molecular weight excluding hydrogens is 532 g/mol. The first-order valence-electron chi connectivity index (χ1n) is 12.7. The number of benzene rings is 3. The van der Waals surface area contributed by atoms with Crippen LogP contribution < -0.4 is 9.62 Å². The molecule has 3 rings (SSSR count). The van der Waals surface area contributed by atoms with E-state index in [1.54, 1.807) is 25.1 Å². The van der Waals surface area contributed by atoms with E-state index in [0.717, 1.165) is 15.4 Å². The number of carbonyl (C=O) groups excluding carboxylic acids is 2. The molecule has 1 N–H and O–H groups in total. The van der Waals surface area contributed by atoms with Crippen molar-refractivity contribution in [2.24, 2.45) is 0 Å². The number of hydrogen-bond acceptors (Lipinski definition) is 6. The van der Waals surface area contributed by atoms with Gasteiger partial charge in [0.2, 0.25) is 11.8 Å². The standard InChI is InChI=1S/C29H34N4O6S/c1-21-11-9-10-12-23(21)19-31(22(2)28(35)30-29(3,4)5)27(34)20-32(24-15-17-25(18-16-24)33(36)37)40(38,39)26-13-7-6-8-14-26/h6-18,22H,19-20H2,1-5H3,(H,30,35)/t22-/m0/s1. The van der Waals surface area contributed by atoms with Crippen LogP contribution in [0.25, 0.3) is 0 Å². The second kappa shape index (κ2) is 12.3. The number of anilines is 1. The van der Waals surface area contributed by atoms with Gasteiger partial charge in [-0.25, -0.2) is 8.42 Å². The Morgan fingerprint density at radius 2 is 1.52 bits per heavy atom. The summed E-state index contributed by atoms with van der Waals surface area (Å²) in [5.41, 5.74) is 1.02. The summed E-state index contributed by atoms with van der Waals surface area (Å²) < 4.78 is 28.4. The molecule has 0 unspecified atom stereocenters. The number of amides is 2. The predicted octanol–water partition coefficient (Wildman–Crippen LogP) is 4.43. The molecule has 212 valence electrons. The highest BCUT2D eigenvalue weighted by molar-refractivity contribution is 7.92. The Labute approximate surface area is 234 Å². The van der Waals surface area contributed by atoms with Gasteiger partial charge in [0.25, 0.3) is 15.7 Å². The molecule has 0 heterocycles. The summed E-state index contributed by atoms with van der Waals surface area (Å²) in [5, 5.41) is 14.1. The Balaban J connectivity index is 2.06. The highest BCUT2D eigenvalue weighted by atomic mass is 32.2. The Morgan fingerprint density at radius 1 is 0.950 bits per heavy atom. The van der Waals surface area contributed by atoms with E-state index in [1.807, 2.05) is 52.0 Å². The fourth-order valence-electron chi connectivity index (χ4n) is 4.02. The van der Waals surface area contributed by atoms with Gasteiger partial charge in [0.1, 0.15) is 12.6 Å². The van der Waals surface area contributed by atoms with Gasteiger partial charge in [-0.05, 0) is 70.0 Å². The van der Waals surface area contributed by atoms with Crippen molar-refractivity contribution in [2.45, 2.75) is 57.6 Å². The van der Waals surface area contributed by atoms with Crippen molar-refractivity contribution < 1.29 is 22.9 Å². The number of non-ortho nitro benzene ring substituents is 1. The summed E-state index contributed by atoms with van der Waals surface area (Å²) in [4.78, 5) is 39.0. The number of nitro benzene ring substituents is 1. The molecule has 2 amide bonds. The molecule has 0 fully saturated rings. The molecule has 0 spiro atoms. The molecule has 3 aromatic rings. The van der Waals surface area contributed by atoms with Crippen molar-refractivity contribution in [3.63, 3.8) is 0 Å². The second-order valence-electron chi connectivity index (χ2n) is 10.5. The lowest BCUT2D eigenvalue weighted by Gasteiger charge is -2.33. The van der Waals surface area contributed by atoms with Crippen molar-refractivity contribution in [3.05, 3.63) is 100 Å². The molecule has 10 nitrogen and oxygen atoms in total. The molecule has 0 aliphatic heterocycles. The van der Waals surface area contributed by atoms with Crippen molar-refractivity contribution >= 4 is 33.2 Å². The van der Waals surface area contributed by atoms with Crippen LogP contribution >= 0.6 is 0 Å². The minimum atomic E-state index is -4.26. The smallest absolute Gasteiger partial charge is 0.269 e. The molecule has 0 bridgehead atoms. The Kier molecular flexibility index (Phi) is 9.31. The van der Waals surface area contributed by atoms with Gasteiger partial charge < -0.3 is 10.2 Å². The number of hydrogen-bond donors (Lipinski definition) is 1. The fourth-order valence-corrected chi connectivity index (χ4v) is 5.45. The van der Waals surface area contributed by atoms with Crippen molar-refractivity contribution in [3.8, 4) is 0 Å². The second-order valence-corrected chi connectivity index (χ2v) is 12.3. The van der Waals surface area contributed by atoms with Crippen LogP contribution in [0.4, 0.5) is 11.4 Å². The monoisotopic (exact) mass is 566 g/mol. The normalized spacial score (nSPS) is 12.3. The van der Waals surface area contributed by atoms with Gasteiger partial charge in [-0.3, -0.25) is 24.0 Å². The molecule has 11 heteroatoms. The maximum absolute atomic E-state index is 13.9. The number of carbonyl (C=O) groups is 2. The third kappa shape index (κ3) is 7.44. The summed E-state index contributed by atoms with van der Waals surface area (Å²) in [6, 6.07) is 19.0. The van der Waals surface area contributed by atoms with E-state index in [4.69, 9.17) is 0 Å². The molecule has 1 atom stereocenters. The van der Waals surface area contributed by atoms with Crippen LogP contribution in [0.2, 0.25) is 0 Å². The fraction of sp³-hybridized carbons (Fsp3) is 0.310. The molecule has 0 aromatic heterocycles. The largest absolute Gasteiger partial charge is 0.350 e. The first kappa shape index (κ1) is 30.3. The number of nitrogens with zero attached hydrogens (tertiary/aromatic N) is 3.